The second-order valence-electron chi connectivity index (χ2n) is 5.04. The largest absolute Gasteiger partial charge is 0.394 e. The highest BCUT2D eigenvalue weighted by molar-refractivity contribution is 5.24. The van der Waals surface area contributed by atoms with Gasteiger partial charge in [0.25, 0.3) is 6.43 Å². The summed E-state index contributed by atoms with van der Waals surface area (Å²) in [6.07, 6.45) is 1.72. The number of aliphatic hydroxyl groups excluding tert-OH is 1. The van der Waals surface area contributed by atoms with E-state index in [1.165, 1.54) is 12.1 Å². The fourth-order valence-corrected chi connectivity index (χ4v) is 2.57. The number of aliphatic hydroxyl groups is 1. The van der Waals surface area contributed by atoms with E-state index in [9.17, 15) is 13.9 Å². The topological polar surface area (TPSA) is 32.3 Å². The number of nitrogens with one attached hydrogen (secondary N) is 1. The van der Waals surface area contributed by atoms with Gasteiger partial charge in [-0.15, -0.1) is 0 Å². The van der Waals surface area contributed by atoms with Gasteiger partial charge in [-0.05, 0) is 24.5 Å². The predicted octanol–water partition coefficient (Wildman–Crippen LogP) is 3.02. The fourth-order valence-electron chi connectivity index (χ4n) is 2.57. The van der Waals surface area contributed by atoms with Crippen LogP contribution < -0.4 is 5.32 Å². The summed E-state index contributed by atoms with van der Waals surface area (Å²) in [5, 5.41) is 12.8. The summed E-state index contributed by atoms with van der Waals surface area (Å²) in [7, 11) is 0. The van der Waals surface area contributed by atoms with E-state index in [2.05, 4.69) is 5.32 Å². The summed E-state index contributed by atoms with van der Waals surface area (Å²) in [4.78, 5) is 0. The van der Waals surface area contributed by atoms with Crippen molar-refractivity contribution in [3.63, 3.8) is 0 Å². The van der Waals surface area contributed by atoms with E-state index in [0.717, 1.165) is 31.2 Å². The molecule has 0 heterocycles. The lowest BCUT2D eigenvalue weighted by atomic mass is 9.98. The number of benzene rings is 1. The minimum atomic E-state index is -2.43. The number of rotatable bonds is 5. The molecule has 1 aliphatic rings. The van der Waals surface area contributed by atoms with Gasteiger partial charge in [0, 0.05) is 17.6 Å². The summed E-state index contributed by atoms with van der Waals surface area (Å²) in [5.41, 5.74) is 0.687. The first-order valence-corrected chi connectivity index (χ1v) is 6.38. The smallest absolute Gasteiger partial charge is 0.263 e. The van der Waals surface area contributed by atoms with Crippen molar-refractivity contribution >= 4 is 0 Å². The number of hydrogen-bond acceptors (Lipinski definition) is 2. The fraction of sp³-hybridized carbons (Fsp3) is 0.571. The lowest BCUT2D eigenvalue weighted by Crippen LogP contribution is -2.45. The minimum absolute atomic E-state index is 0.0544. The van der Waals surface area contributed by atoms with Crippen LogP contribution in [0, 0.1) is 0 Å². The van der Waals surface area contributed by atoms with Gasteiger partial charge in [0.05, 0.1) is 6.61 Å². The van der Waals surface area contributed by atoms with Gasteiger partial charge in [-0.1, -0.05) is 31.0 Å². The predicted molar refractivity (Wildman–Crippen MR) is 66.5 cm³/mol. The van der Waals surface area contributed by atoms with Gasteiger partial charge in [-0.2, -0.15) is 0 Å². The molecule has 0 atom stereocenters. The standard InChI is InChI=1S/C14H19F2NO/c15-13(16)12-5-3-4-11(8-12)9-17-14(10-18)6-1-2-7-14/h3-5,8,13,17-18H,1-2,6-7,9-10H2. The van der Waals surface area contributed by atoms with E-state index in [1.54, 1.807) is 6.07 Å². The SMILES string of the molecule is OCC1(NCc2cccc(C(F)F)c2)CCCC1. The summed E-state index contributed by atoms with van der Waals surface area (Å²) < 4.78 is 25.1. The van der Waals surface area contributed by atoms with Crippen LogP contribution in [0.3, 0.4) is 0 Å². The molecule has 0 saturated heterocycles. The Hall–Kier alpha value is -1.00. The van der Waals surface area contributed by atoms with Gasteiger partial charge >= 0.3 is 0 Å². The maximum Gasteiger partial charge on any atom is 0.263 e. The summed E-state index contributed by atoms with van der Waals surface area (Å²) in [6, 6.07) is 6.45. The molecule has 0 spiro atoms. The molecular weight excluding hydrogens is 236 g/mol. The van der Waals surface area contributed by atoms with E-state index in [-0.39, 0.29) is 17.7 Å². The van der Waals surface area contributed by atoms with E-state index in [4.69, 9.17) is 0 Å². The molecule has 2 rings (SSSR count). The average molecular weight is 255 g/mol. The van der Waals surface area contributed by atoms with Gasteiger partial charge < -0.3 is 10.4 Å². The van der Waals surface area contributed by atoms with Gasteiger partial charge in [0.15, 0.2) is 0 Å². The van der Waals surface area contributed by atoms with Gasteiger partial charge in [-0.25, -0.2) is 8.78 Å². The van der Waals surface area contributed by atoms with Crippen LogP contribution in [0.25, 0.3) is 0 Å². The molecule has 1 aromatic rings. The Labute approximate surface area is 106 Å². The molecule has 100 valence electrons. The number of alkyl halides is 2. The van der Waals surface area contributed by atoms with Gasteiger partial charge in [0.2, 0.25) is 0 Å². The maximum atomic E-state index is 12.6. The molecule has 1 aromatic carbocycles. The Morgan fingerprint density at radius 2 is 2.00 bits per heavy atom. The molecule has 0 aliphatic heterocycles. The third-order valence-corrected chi connectivity index (χ3v) is 3.73. The summed E-state index contributed by atoms with van der Waals surface area (Å²) in [5.74, 6) is 0. The molecule has 1 saturated carbocycles. The zero-order chi connectivity index (χ0) is 13.0. The number of hydrogen-bond donors (Lipinski definition) is 2. The zero-order valence-corrected chi connectivity index (χ0v) is 10.3. The van der Waals surface area contributed by atoms with Crippen molar-refractivity contribution < 1.29 is 13.9 Å². The Balaban J connectivity index is 1.99. The number of halogens is 2. The first-order valence-electron chi connectivity index (χ1n) is 6.38. The molecule has 0 aromatic heterocycles. The van der Waals surface area contributed by atoms with Crippen molar-refractivity contribution in [2.24, 2.45) is 0 Å². The molecule has 4 heteroatoms. The molecule has 2 nitrogen and oxygen atoms in total. The maximum absolute atomic E-state index is 12.6. The summed E-state index contributed by atoms with van der Waals surface area (Å²) in [6.45, 7) is 0.642. The molecule has 0 bridgehead atoms. The van der Waals surface area contributed by atoms with Crippen molar-refractivity contribution in [1.82, 2.24) is 5.32 Å². The van der Waals surface area contributed by atoms with Crippen LogP contribution in [0.15, 0.2) is 24.3 Å². The van der Waals surface area contributed by atoms with Crippen molar-refractivity contribution in [2.75, 3.05) is 6.61 Å². The lowest BCUT2D eigenvalue weighted by Gasteiger charge is -2.28. The van der Waals surface area contributed by atoms with Crippen molar-refractivity contribution in [3.05, 3.63) is 35.4 Å². The van der Waals surface area contributed by atoms with Crippen molar-refractivity contribution in [2.45, 2.75) is 44.2 Å². The molecule has 1 fully saturated rings. The van der Waals surface area contributed by atoms with E-state index in [0.29, 0.717) is 6.54 Å². The summed E-state index contributed by atoms with van der Waals surface area (Å²) >= 11 is 0. The van der Waals surface area contributed by atoms with Crippen LogP contribution in [0.2, 0.25) is 0 Å². The van der Waals surface area contributed by atoms with E-state index < -0.39 is 6.43 Å². The zero-order valence-electron chi connectivity index (χ0n) is 10.3. The first kappa shape index (κ1) is 13.4. The monoisotopic (exact) mass is 255 g/mol. The van der Waals surface area contributed by atoms with Crippen LogP contribution in [0.1, 0.15) is 43.2 Å². The molecule has 0 unspecified atom stereocenters. The molecule has 18 heavy (non-hydrogen) atoms. The molecule has 0 amide bonds. The highest BCUT2D eigenvalue weighted by Crippen LogP contribution is 2.29. The Kier molecular flexibility index (Phi) is 4.30. The highest BCUT2D eigenvalue weighted by atomic mass is 19.3. The first-order chi connectivity index (χ1) is 8.65. The van der Waals surface area contributed by atoms with Gasteiger partial charge in [0.1, 0.15) is 0 Å². The normalized spacial score (nSPS) is 18.4. The van der Waals surface area contributed by atoms with Crippen LogP contribution in [-0.2, 0) is 6.54 Å². The average Bonchev–Trinajstić information content (AvgIpc) is 2.86. The van der Waals surface area contributed by atoms with Gasteiger partial charge in [-0.3, -0.25) is 0 Å². The lowest BCUT2D eigenvalue weighted by molar-refractivity contribution is 0.151. The Morgan fingerprint density at radius 3 is 2.61 bits per heavy atom. The quantitative estimate of drug-likeness (QED) is 0.847. The minimum Gasteiger partial charge on any atom is -0.394 e. The third-order valence-electron chi connectivity index (χ3n) is 3.73. The second kappa shape index (κ2) is 5.76. The molecule has 0 radical (unpaired) electrons. The highest BCUT2D eigenvalue weighted by Gasteiger charge is 2.32. The third kappa shape index (κ3) is 3.06. The van der Waals surface area contributed by atoms with E-state index in [1.807, 2.05) is 6.07 Å². The molecular formula is C14H19F2NO. The Morgan fingerprint density at radius 1 is 1.28 bits per heavy atom. The van der Waals surface area contributed by atoms with Crippen LogP contribution in [-0.4, -0.2) is 17.3 Å². The molecule has 1 aliphatic carbocycles. The van der Waals surface area contributed by atoms with E-state index >= 15 is 0 Å². The molecule has 2 N–H and O–H groups in total. The second-order valence-corrected chi connectivity index (χ2v) is 5.04. The Bertz CT molecular complexity index is 389. The van der Waals surface area contributed by atoms with Crippen molar-refractivity contribution in [1.29, 1.82) is 0 Å². The van der Waals surface area contributed by atoms with Crippen LogP contribution >= 0.6 is 0 Å². The van der Waals surface area contributed by atoms with Crippen LogP contribution in [0.4, 0.5) is 8.78 Å². The van der Waals surface area contributed by atoms with Crippen molar-refractivity contribution in [3.8, 4) is 0 Å². The van der Waals surface area contributed by atoms with Crippen LogP contribution in [0.5, 0.6) is 0 Å².